The van der Waals surface area contributed by atoms with Crippen LogP contribution in [-0.4, -0.2) is 23.5 Å². The van der Waals surface area contributed by atoms with Gasteiger partial charge >= 0.3 is 0 Å². The van der Waals surface area contributed by atoms with Crippen LogP contribution >= 0.6 is 0 Å². The first-order chi connectivity index (χ1) is 8.08. The van der Waals surface area contributed by atoms with Gasteiger partial charge in [-0.1, -0.05) is 12.8 Å². The highest BCUT2D eigenvalue weighted by Crippen LogP contribution is 2.32. The molecule has 1 fully saturated rings. The van der Waals surface area contributed by atoms with Crippen molar-refractivity contribution >= 4 is 11.5 Å². The third-order valence-electron chi connectivity index (χ3n) is 3.23. The molecule has 5 heteroatoms. The van der Waals surface area contributed by atoms with Gasteiger partial charge in [-0.05, 0) is 25.3 Å². The van der Waals surface area contributed by atoms with Gasteiger partial charge < -0.3 is 4.90 Å². The van der Waals surface area contributed by atoms with Crippen LogP contribution in [0.4, 0.5) is 11.5 Å². The number of hydrogen-bond acceptors (Lipinski definition) is 4. The minimum Gasteiger partial charge on any atom is -0.360 e. The van der Waals surface area contributed by atoms with E-state index in [1.54, 1.807) is 13.0 Å². The average molecular weight is 235 g/mol. The van der Waals surface area contributed by atoms with Crippen molar-refractivity contribution in [1.82, 2.24) is 4.98 Å². The Hall–Kier alpha value is -1.65. The summed E-state index contributed by atoms with van der Waals surface area (Å²) in [5.74, 6) is 1.70. The molecular formula is C12H17N3O2. The third-order valence-corrected chi connectivity index (χ3v) is 3.23. The van der Waals surface area contributed by atoms with Gasteiger partial charge in [0.05, 0.1) is 4.92 Å². The summed E-state index contributed by atoms with van der Waals surface area (Å²) in [5, 5.41) is 10.7. The molecule has 0 amide bonds. The number of aryl methyl sites for hydroxylation is 1. The lowest BCUT2D eigenvalue weighted by molar-refractivity contribution is -0.385. The van der Waals surface area contributed by atoms with Crippen LogP contribution in [0.3, 0.4) is 0 Å². The number of pyridine rings is 1. The van der Waals surface area contributed by atoms with Gasteiger partial charge in [-0.2, -0.15) is 0 Å². The molecule has 5 nitrogen and oxygen atoms in total. The van der Waals surface area contributed by atoms with E-state index in [1.165, 1.54) is 25.5 Å². The van der Waals surface area contributed by atoms with Crippen LogP contribution < -0.4 is 4.90 Å². The minimum atomic E-state index is -0.393. The zero-order chi connectivity index (χ0) is 12.4. The fraction of sp³-hybridized carbons (Fsp3) is 0.583. The molecule has 0 N–H and O–H groups in total. The zero-order valence-corrected chi connectivity index (χ0v) is 10.2. The molecule has 0 bridgehead atoms. The van der Waals surface area contributed by atoms with Gasteiger partial charge in [-0.15, -0.1) is 0 Å². The Morgan fingerprint density at radius 1 is 1.59 bits per heavy atom. The smallest absolute Gasteiger partial charge is 0.290 e. The van der Waals surface area contributed by atoms with Gasteiger partial charge in [-0.3, -0.25) is 10.1 Å². The SMILES string of the molecule is Cc1cc(N(C)CCC2CC2)ncc1[N+](=O)[O-]. The second-order valence-electron chi connectivity index (χ2n) is 4.74. The van der Waals surface area contributed by atoms with E-state index in [4.69, 9.17) is 0 Å². The van der Waals surface area contributed by atoms with Crippen LogP contribution in [0.1, 0.15) is 24.8 Å². The number of anilines is 1. The van der Waals surface area contributed by atoms with E-state index in [9.17, 15) is 10.1 Å². The summed E-state index contributed by atoms with van der Waals surface area (Å²) in [4.78, 5) is 16.5. The molecule has 1 aliphatic rings. The summed E-state index contributed by atoms with van der Waals surface area (Å²) in [6.07, 6.45) is 5.23. The number of aromatic nitrogens is 1. The summed E-state index contributed by atoms with van der Waals surface area (Å²) in [6.45, 7) is 2.72. The van der Waals surface area contributed by atoms with Crippen molar-refractivity contribution < 1.29 is 4.92 Å². The highest BCUT2D eigenvalue weighted by atomic mass is 16.6. The van der Waals surface area contributed by atoms with Crippen LogP contribution in [-0.2, 0) is 0 Å². The molecule has 0 saturated heterocycles. The normalized spacial score (nSPS) is 14.7. The monoisotopic (exact) mass is 235 g/mol. The maximum Gasteiger partial charge on any atom is 0.290 e. The average Bonchev–Trinajstić information content (AvgIpc) is 3.09. The van der Waals surface area contributed by atoms with Gasteiger partial charge in [0.2, 0.25) is 0 Å². The largest absolute Gasteiger partial charge is 0.360 e. The van der Waals surface area contributed by atoms with Crippen molar-refractivity contribution in [2.75, 3.05) is 18.5 Å². The molecule has 1 aromatic heterocycles. The molecule has 2 rings (SSSR count). The van der Waals surface area contributed by atoms with Crippen LogP contribution in [0.25, 0.3) is 0 Å². The second-order valence-corrected chi connectivity index (χ2v) is 4.74. The maximum absolute atomic E-state index is 10.7. The van der Waals surface area contributed by atoms with Gasteiger partial charge in [0.1, 0.15) is 12.0 Å². The number of nitro groups is 1. The molecular weight excluding hydrogens is 218 g/mol. The first kappa shape index (κ1) is 11.8. The van der Waals surface area contributed by atoms with Crippen LogP contribution in [0.2, 0.25) is 0 Å². The number of nitrogens with zero attached hydrogens (tertiary/aromatic N) is 3. The van der Waals surface area contributed by atoms with E-state index in [-0.39, 0.29) is 5.69 Å². The molecule has 1 heterocycles. The lowest BCUT2D eigenvalue weighted by atomic mass is 10.2. The zero-order valence-electron chi connectivity index (χ0n) is 10.2. The summed E-state index contributed by atoms with van der Waals surface area (Å²) >= 11 is 0. The van der Waals surface area contributed by atoms with E-state index in [0.717, 1.165) is 18.3 Å². The van der Waals surface area contributed by atoms with E-state index in [1.807, 2.05) is 7.05 Å². The number of hydrogen-bond donors (Lipinski definition) is 0. The quantitative estimate of drug-likeness (QED) is 0.581. The van der Waals surface area contributed by atoms with Gasteiger partial charge in [0, 0.05) is 19.2 Å². The van der Waals surface area contributed by atoms with Crippen molar-refractivity contribution in [2.24, 2.45) is 5.92 Å². The first-order valence-corrected chi connectivity index (χ1v) is 5.90. The third kappa shape index (κ3) is 2.93. The molecule has 1 aliphatic carbocycles. The van der Waals surface area contributed by atoms with E-state index in [0.29, 0.717) is 5.56 Å². The molecule has 1 saturated carbocycles. The summed E-state index contributed by atoms with van der Waals surface area (Å²) < 4.78 is 0. The van der Waals surface area contributed by atoms with Crippen molar-refractivity contribution in [3.05, 3.63) is 27.9 Å². The molecule has 0 radical (unpaired) electrons. The Kier molecular flexibility index (Phi) is 3.26. The Morgan fingerprint density at radius 2 is 2.29 bits per heavy atom. The Morgan fingerprint density at radius 3 is 2.82 bits per heavy atom. The lowest BCUT2D eigenvalue weighted by Crippen LogP contribution is -2.20. The summed E-state index contributed by atoms with van der Waals surface area (Å²) in [5.41, 5.74) is 0.752. The minimum absolute atomic E-state index is 0.0874. The molecule has 0 unspecified atom stereocenters. The van der Waals surface area contributed by atoms with Crippen molar-refractivity contribution in [1.29, 1.82) is 0 Å². The number of rotatable bonds is 5. The Bertz CT molecular complexity index is 430. The molecule has 0 aliphatic heterocycles. The van der Waals surface area contributed by atoms with Crippen LogP contribution in [0.5, 0.6) is 0 Å². The molecule has 92 valence electrons. The second kappa shape index (κ2) is 4.69. The van der Waals surface area contributed by atoms with Crippen LogP contribution in [0, 0.1) is 23.0 Å². The fourth-order valence-corrected chi connectivity index (χ4v) is 1.83. The Balaban J connectivity index is 2.04. The lowest BCUT2D eigenvalue weighted by Gasteiger charge is -2.18. The predicted octanol–water partition coefficient (Wildman–Crippen LogP) is 2.53. The summed E-state index contributed by atoms with van der Waals surface area (Å²) in [7, 11) is 1.98. The van der Waals surface area contributed by atoms with Gasteiger partial charge in [-0.25, -0.2) is 4.98 Å². The first-order valence-electron chi connectivity index (χ1n) is 5.90. The standard InChI is InChI=1S/C12H17N3O2/c1-9-7-12(13-8-11(9)15(16)17)14(2)6-5-10-3-4-10/h7-8,10H,3-6H2,1-2H3. The van der Waals surface area contributed by atoms with Crippen LogP contribution in [0.15, 0.2) is 12.3 Å². The van der Waals surface area contributed by atoms with Gasteiger partial charge in [0.25, 0.3) is 5.69 Å². The van der Waals surface area contributed by atoms with E-state index < -0.39 is 4.92 Å². The molecule has 17 heavy (non-hydrogen) atoms. The predicted molar refractivity (Wildman–Crippen MR) is 66.2 cm³/mol. The molecule has 0 atom stereocenters. The summed E-state index contributed by atoms with van der Waals surface area (Å²) in [6, 6.07) is 1.78. The Labute approximate surface area is 101 Å². The van der Waals surface area contributed by atoms with E-state index >= 15 is 0 Å². The topological polar surface area (TPSA) is 59.3 Å². The molecule has 0 aromatic carbocycles. The molecule has 1 aromatic rings. The van der Waals surface area contributed by atoms with Crippen molar-refractivity contribution in [3.63, 3.8) is 0 Å². The van der Waals surface area contributed by atoms with Crippen molar-refractivity contribution in [2.45, 2.75) is 26.2 Å². The van der Waals surface area contributed by atoms with Crippen molar-refractivity contribution in [3.8, 4) is 0 Å². The maximum atomic E-state index is 10.7. The van der Waals surface area contributed by atoms with E-state index in [2.05, 4.69) is 9.88 Å². The highest BCUT2D eigenvalue weighted by molar-refractivity contribution is 5.48. The highest BCUT2D eigenvalue weighted by Gasteiger charge is 2.21. The molecule has 0 spiro atoms. The fourth-order valence-electron chi connectivity index (χ4n) is 1.83. The van der Waals surface area contributed by atoms with Gasteiger partial charge in [0.15, 0.2) is 0 Å².